The summed E-state index contributed by atoms with van der Waals surface area (Å²) in [4.78, 5) is 0. The molecule has 0 amide bonds. The van der Waals surface area contributed by atoms with Crippen molar-refractivity contribution >= 4 is 35.0 Å². The number of unbranched alkanes of at least 4 members (excludes halogenated alkanes) is 1. The van der Waals surface area contributed by atoms with Crippen LogP contribution in [0.25, 0.3) is 0 Å². The molecule has 0 fully saturated rings. The number of hydrogen-bond acceptors (Lipinski definition) is 2. The molecule has 0 unspecified atom stereocenters. The molecule has 16 heavy (non-hydrogen) atoms. The zero-order chi connectivity index (χ0) is 11.3. The van der Waals surface area contributed by atoms with Crippen LogP contribution in [-0.2, 0) is 0 Å². The molecule has 0 saturated heterocycles. The van der Waals surface area contributed by atoms with E-state index in [-0.39, 0.29) is 18.4 Å². The van der Waals surface area contributed by atoms with Crippen molar-refractivity contribution in [3.05, 3.63) is 33.4 Å². The van der Waals surface area contributed by atoms with Crippen molar-refractivity contribution < 1.29 is 5.11 Å². The van der Waals surface area contributed by atoms with E-state index in [1.54, 1.807) is 0 Å². The van der Waals surface area contributed by atoms with Gasteiger partial charge in [-0.25, -0.2) is 0 Å². The highest BCUT2D eigenvalue weighted by Crippen LogP contribution is 2.19. The Morgan fingerprint density at radius 1 is 1.31 bits per heavy atom. The number of rotatable bonds is 5. The lowest BCUT2D eigenvalue weighted by molar-refractivity contribution is 0.132. The van der Waals surface area contributed by atoms with Crippen molar-refractivity contribution in [1.82, 2.24) is 0 Å². The third kappa shape index (κ3) is 4.99. The van der Waals surface area contributed by atoms with E-state index in [0.29, 0.717) is 0 Å². The summed E-state index contributed by atoms with van der Waals surface area (Å²) in [5.41, 5.74) is 6.99. The molecule has 0 saturated carbocycles. The molecule has 0 spiro atoms. The molecule has 0 heterocycles. The summed E-state index contributed by atoms with van der Waals surface area (Å²) >= 11 is 2.26. The van der Waals surface area contributed by atoms with Gasteiger partial charge in [-0.05, 0) is 46.7 Å². The average Bonchev–Trinajstić information content (AvgIpc) is 2.26. The Bertz CT molecular complexity index is 292. The molecule has 3 N–H and O–H groups in total. The fourth-order valence-corrected chi connectivity index (χ4v) is 1.86. The summed E-state index contributed by atoms with van der Waals surface area (Å²) in [6, 6.07) is 7.75. The maximum atomic E-state index is 9.84. The quantitative estimate of drug-likeness (QED) is 0.796. The predicted molar refractivity (Wildman–Crippen MR) is 78.9 cm³/mol. The average molecular weight is 356 g/mol. The minimum absolute atomic E-state index is 0. The molecular weight excluding hydrogens is 336 g/mol. The first-order chi connectivity index (χ1) is 7.15. The molecule has 1 aromatic rings. The molecule has 0 radical (unpaired) electrons. The first kappa shape index (κ1) is 16.2. The fraction of sp³-hybridized carbons (Fsp3) is 0.500. The van der Waals surface area contributed by atoms with Crippen molar-refractivity contribution in [1.29, 1.82) is 0 Å². The van der Waals surface area contributed by atoms with Crippen LogP contribution in [0.2, 0.25) is 0 Å². The van der Waals surface area contributed by atoms with E-state index in [1.807, 2.05) is 24.3 Å². The maximum Gasteiger partial charge on any atom is 0.0732 e. The van der Waals surface area contributed by atoms with Crippen LogP contribution in [0.4, 0.5) is 0 Å². The van der Waals surface area contributed by atoms with Gasteiger partial charge in [0, 0.05) is 3.57 Å². The Hall–Kier alpha value is 0.160. The van der Waals surface area contributed by atoms with Crippen molar-refractivity contribution in [2.24, 2.45) is 5.73 Å². The van der Waals surface area contributed by atoms with Gasteiger partial charge in [0.25, 0.3) is 0 Å². The third-order valence-electron chi connectivity index (χ3n) is 2.52. The monoisotopic (exact) mass is 355 g/mol. The van der Waals surface area contributed by atoms with Crippen molar-refractivity contribution in [2.45, 2.75) is 38.3 Å². The highest BCUT2D eigenvalue weighted by Gasteiger charge is 2.15. The first-order valence-corrected chi connectivity index (χ1v) is 6.42. The summed E-state index contributed by atoms with van der Waals surface area (Å²) in [6.07, 6.45) is 2.48. The molecule has 0 aliphatic rings. The second kappa shape index (κ2) is 8.28. The number of nitrogens with two attached hydrogens (primary N) is 1. The lowest BCUT2D eigenvalue weighted by atomic mass is 9.99. The van der Waals surface area contributed by atoms with E-state index in [1.165, 1.54) is 3.57 Å². The summed E-state index contributed by atoms with van der Waals surface area (Å²) in [6.45, 7) is 2.11. The van der Waals surface area contributed by atoms with Crippen LogP contribution in [0.5, 0.6) is 0 Å². The molecule has 1 rings (SSSR count). The van der Waals surface area contributed by atoms with Crippen molar-refractivity contribution in [3.8, 4) is 0 Å². The number of benzene rings is 1. The molecular formula is C12H19ClINO. The lowest BCUT2D eigenvalue weighted by Crippen LogP contribution is -2.26. The van der Waals surface area contributed by atoms with Gasteiger partial charge in [0.2, 0.25) is 0 Å². The smallest absolute Gasteiger partial charge is 0.0732 e. The Balaban J connectivity index is 0.00000225. The van der Waals surface area contributed by atoms with Gasteiger partial charge in [0.15, 0.2) is 0 Å². The molecule has 1 aromatic carbocycles. The highest BCUT2D eigenvalue weighted by molar-refractivity contribution is 14.1. The SMILES string of the molecule is CCCC[C@H](O)[C@H](N)c1ccc(I)cc1.Cl. The summed E-state index contributed by atoms with van der Waals surface area (Å²) in [5.74, 6) is 0. The van der Waals surface area contributed by atoms with Gasteiger partial charge in [0.1, 0.15) is 0 Å². The molecule has 2 nitrogen and oxygen atoms in total. The van der Waals surface area contributed by atoms with E-state index in [9.17, 15) is 5.11 Å². The number of aliphatic hydroxyl groups excluding tert-OH is 1. The van der Waals surface area contributed by atoms with Gasteiger partial charge in [-0.2, -0.15) is 0 Å². The van der Waals surface area contributed by atoms with Gasteiger partial charge in [0.05, 0.1) is 12.1 Å². The predicted octanol–water partition coefficient (Wildman–Crippen LogP) is 3.26. The highest BCUT2D eigenvalue weighted by atomic mass is 127. The fourth-order valence-electron chi connectivity index (χ4n) is 1.50. The number of hydrogen-bond donors (Lipinski definition) is 2. The van der Waals surface area contributed by atoms with Crippen LogP contribution in [0.1, 0.15) is 37.8 Å². The zero-order valence-corrected chi connectivity index (χ0v) is 12.4. The molecule has 0 aliphatic heterocycles. The topological polar surface area (TPSA) is 46.2 Å². The first-order valence-electron chi connectivity index (χ1n) is 5.34. The molecule has 4 heteroatoms. The van der Waals surface area contributed by atoms with Gasteiger partial charge in [-0.3, -0.25) is 0 Å². The molecule has 92 valence electrons. The Morgan fingerprint density at radius 3 is 2.38 bits per heavy atom. The standard InChI is InChI=1S/C12H18INO.ClH/c1-2-3-4-11(15)12(14)9-5-7-10(13)8-6-9;/h5-8,11-12,15H,2-4,14H2,1H3;1H/t11-,12+;/m0./s1. The normalized spacial score (nSPS) is 14.0. The van der Waals surface area contributed by atoms with Gasteiger partial charge in [-0.1, -0.05) is 31.9 Å². The second-order valence-electron chi connectivity index (χ2n) is 3.79. The van der Waals surface area contributed by atoms with Crippen molar-refractivity contribution in [2.75, 3.05) is 0 Å². The van der Waals surface area contributed by atoms with Gasteiger partial charge in [-0.15, -0.1) is 12.4 Å². The van der Waals surface area contributed by atoms with Crippen LogP contribution in [0, 0.1) is 3.57 Å². The third-order valence-corrected chi connectivity index (χ3v) is 3.24. The minimum atomic E-state index is -0.426. The largest absolute Gasteiger partial charge is 0.391 e. The maximum absolute atomic E-state index is 9.84. The number of aliphatic hydroxyl groups is 1. The van der Waals surface area contributed by atoms with E-state index in [4.69, 9.17) is 5.73 Å². The van der Waals surface area contributed by atoms with E-state index < -0.39 is 6.10 Å². The van der Waals surface area contributed by atoms with E-state index >= 15 is 0 Å². The summed E-state index contributed by atoms with van der Waals surface area (Å²) < 4.78 is 1.19. The second-order valence-corrected chi connectivity index (χ2v) is 5.03. The molecule has 0 bridgehead atoms. The Kier molecular flexibility index (Phi) is 8.36. The molecule has 2 atom stereocenters. The van der Waals surface area contributed by atoms with Crippen LogP contribution < -0.4 is 5.73 Å². The molecule has 0 aliphatic carbocycles. The number of halogens is 2. The molecule has 0 aromatic heterocycles. The lowest BCUT2D eigenvalue weighted by Gasteiger charge is -2.18. The minimum Gasteiger partial charge on any atom is -0.391 e. The van der Waals surface area contributed by atoms with Crippen LogP contribution >= 0.6 is 35.0 Å². The van der Waals surface area contributed by atoms with Crippen molar-refractivity contribution in [3.63, 3.8) is 0 Å². The van der Waals surface area contributed by atoms with E-state index in [2.05, 4.69) is 29.5 Å². The Morgan fingerprint density at radius 2 is 1.88 bits per heavy atom. The van der Waals surface area contributed by atoms with Crippen LogP contribution in [0.15, 0.2) is 24.3 Å². The van der Waals surface area contributed by atoms with Gasteiger partial charge >= 0.3 is 0 Å². The Labute approximate surface area is 117 Å². The summed E-state index contributed by atoms with van der Waals surface area (Å²) in [7, 11) is 0. The summed E-state index contributed by atoms with van der Waals surface area (Å²) in [5, 5.41) is 9.84. The van der Waals surface area contributed by atoms with E-state index in [0.717, 1.165) is 24.8 Å². The van der Waals surface area contributed by atoms with Crippen LogP contribution in [-0.4, -0.2) is 11.2 Å². The zero-order valence-electron chi connectivity index (χ0n) is 9.40. The van der Waals surface area contributed by atoms with Crippen LogP contribution in [0.3, 0.4) is 0 Å². The van der Waals surface area contributed by atoms with Gasteiger partial charge < -0.3 is 10.8 Å².